The maximum atomic E-state index is 12.2. The molecule has 1 aliphatic heterocycles. The Bertz CT molecular complexity index is 943. The Morgan fingerprint density at radius 1 is 1.24 bits per heavy atom. The quantitative estimate of drug-likeness (QED) is 0.644. The number of primary sulfonamides is 1. The van der Waals surface area contributed by atoms with Crippen molar-refractivity contribution in [2.45, 2.75) is 24.4 Å². The molecule has 0 radical (unpaired) electrons. The number of rotatable bonds is 6. The molecule has 0 unspecified atom stereocenters. The highest BCUT2D eigenvalue weighted by Gasteiger charge is 2.14. The van der Waals surface area contributed by atoms with Gasteiger partial charge >= 0.3 is 6.03 Å². The average Bonchev–Trinajstić information content (AvgIpc) is 2.72. The molecular formula is C19H25N5O4S. The third kappa shape index (κ3) is 5.89. The van der Waals surface area contributed by atoms with E-state index in [4.69, 9.17) is 9.88 Å². The van der Waals surface area contributed by atoms with Gasteiger partial charge in [-0.1, -0.05) is 12.1 Å². The van der Waals surface area contributed by atoms with E-state index < -0.39 is 10.0 Å². The number of nitrogens with one attached hydrogen (secondary N) is 2. The Morgan fingerprint density at radius 3 is 2.59 bits per heavy atom. The van der Waals surface area contributed by atoms with E-state index in [0.717, 1.165) is 30.0 Å². The number of hydrogen-bond donors (Lipinski definition) is 3. The highest BCUT2D eigenvalue weighted by molar-refractivity contribution is 7.89. The number of hydrogen-bond acceptors (Lipinski definition) is 6. The normalized spacial score (nSPS) is 15.6. The molecule has 0 saturated carbocycles. The van der Waals surface area contributed by atoms with Gasteiger partial charge in [0.15, 0.2) is 0 Å². The van der Waals surface area contributed by atoms with Crippen molar-refractivity contribution in [2.24, 2.45) is 5.14 Å². The molecule has 0 bridgehead atoms. The van der Waals surface area contributed by atoms with Crippen molar-refractivity contribution >= 4 is 21.9 Å². The molecule has 1 atom stereocenters. The van der Waals surface area contributed by atoms with Gasteiger partial charge in [-0.05, 0) is 42.3 Å². The van der Waals surface area contributed by atoms with Crippen LogP contribution in [0.15, 0.2) is 47.5 Å². The van der Waals surface area contributed by atoms with E-state index in [1.165, 1.54) is 12.1 Å². The summed E-state index contributed by atoms with van der Waals surface area (Å²) in [5, 5.41) is 10.8. The lowest BCUT2D eigenvalue weighted by molar-refractivity contribution is 0.122. The summed E-state index contributed by atoms with van der Waals surface area (Å²) < 4.78 is 28.0. The van der Waals surface area contributed by atoms with Gasteiger partial charge in [-0.25, -0.2) is 23.3 Å². The molecule has 2 amide bonds. The number of urea groups is 1. The second-order valence-corrected chi connectivity index (χ2v) is 8.35. The molecule has 10 heteroatoms. The Hall–Kier alpha value is -2.69. The summed E-state index contributed by atoms with van der Waals surface area (Å²) in [6.07, 6.45) is 1.73. The lowest BCUT2D eigenvalue weighted by Crippen LogP contribution is -2.37. The zero-order chi connectivity index (χ0) is 20.9. The van der Waals surface area contributed by atoms with Crippen molar-refractivity contribution in [3.63, 3.8) is 0 Å². The van der Waals surface area contributed by atoms with Crippen LogP contribution in [-0.4, -0.2) is 45.7 Å². The zero-order valence-corrected chi connectivity index (χ0v) is 17.0. The molecule has 2 aromatic rings. The summed E-state index contributed by atoms with van der Waals surface area (Å²) in [7, 11) is -3.73. The van der Waals surface area contributed by atoms with Gasteiger partial charge in [0.05, 0.1) is 24.2 Å². The number of nitrogens with zero attached hydrogens (tertiary/aromatic N) is 2. The van der Waals surface area contributed by atoms with E-state index in [1.54, 1.807) is 18.3 Å². The molecule has 9 nitrogen and oxygen atoms in total. The van der Waals surface area contributed by atoms with E-state index in [0.29, 0.717) is 19.8 Å². The summed E-state index contributed by atoms with van der Waals surface area (Å²) in [6.45, 7) is 5.14. The zero-order valence-electron chi connectivity index (χ0n) is 16.2. The number of aromatic nitrogens is 1. The molecule has 3 rings (SSSR count). The number of carbonyl (C=O) groups excluding carboxylic acids is 1. The SMILES string of the molecule is C[C@@H](NC(=O)NCc1ccnc(N2CCOCC2)c1)c1ccc(S(N)(=O)=O)cc1. The topological polar surface area (TPSA) is 127 Å². The first kappa shape index (κ1) is 21.0. The van der Waals surface area contributed by atoms with E-state index >= 15 is 0 Å². The number of sulfonamides is 1. The molecular weight excluding hydrogens is 394 g/mol. The number of nitrogens with two attached hydrogens (primary N) is 1. The third-order valence-corrected chi connectivity index (χ3v) is 5.58. The van der Waals surface area contributed by atoms with Crippen LogP contribution in [0.3, 0.4) is 0 Å². The molecule has 2 heterocycles. The van der Waals surface area contributed by atoms with Crippen molar-refractivity contribution in [3.8, 4) is 0 Å². The van der Waals surface area contributed by atoms with Crippen LogP contribution in [0, 0.1) is 0 Å². The predicted octanol–water partition coefficient (Wildman–Crippen LogP) is 1.13. The van der Waals surface area contributed by atoms with Crippen molar-refractivity contribution < 1.29 is 17.9 Å². The Labute approximate surface area is 170 Å². The largest absolute Gasteiger partial charge is 0.378 e. The van der Waals surface area contributed by atoms with Crippen molar-refractivity contribution in [1.82, 2.24) is 15.6 Å². The fraction of sp³-hybridized carbons (Fsp3) is 0.368. The first-order chi connectivity index (χ1) is 13.8. The lowest BCUT2D eigenvalue weighted by Gasteiger charge is -2.28. The highest BCUT2D eigenvalue weighted by atomic mass is 32.2. The summed E-state index contributed by atoms with van der Waals surface area (Å²) in [6, 6.07) is 9.30. The fourth-order valence-electron chi connectivity index (χ4n) is 3.00. The minimum atomic E-state index is -3.73. The minimum absolute atomic E-state index is 0.0339. The maximum Gasteiger partial charge on any atom is 0.315 e. The number of carbonyl (C=O) groups is 1. The molecule has 1 aliphatic rings. The monoisotopic (exact) mass is 419 g/mol. The van der Waals surface area contributed by atoms with Gasteiger partial charge in [0.1, 0.15) is 5.82 Å². The molecule has 1 aromatic heterocycles. The van der Waals surface area contributed by atoms with Gasteiger partial charge in [-0.3, -0.25) is 0 Å². The second kappa shape index (κ2) is 9.21. The van der Waals surface area contributed by atoms with Crippen molar-refractivity contribution in [2.75, 3.05) is 31.2 Å². The van der Waals surface area contributed by atoms with Gasteiger partial charge in [0.2, 0.25) is 10.0 Å². The third-order valence-electron chi connectivity index (χ3n) is 4.65. The highest BCUT2D eigenvalue weighted by Crippen LogP contribution is 2.16. The lowest BCUT2D eigenvalue weighted by atomic mass is 10.1. The van der Waals surface area contributed by atoms with Gasteiger partial charge in [0.25, 0.3) is 0 Å². The van der Waals surface area contributed by atoms with Crippen LogP contribution >= 0.6 is 0 Å². The Kier molecular flexibility index (Phi) is 6.68. The number of morpholine rings is 1. The summed E-state index contributed by atoms with van der Waals surface area (Å²) in [5.74, 6) is 0.872. The summed E-state index contributed by atoms with van der Waals surface area (Å²) >= 11 is 0. The molecule has 1 fully saturated rings. The predicted molar refractivity (Wildman–Crippen MR) is 109 cm³/mol. The number of benzene rings is 1. The molecule has 0 spiro atoms. The Balaban J connectivity index is 1.53. The average molecular weight is 420 g/mol. The van der Waals surface area contributed by atoms with Gasteiger partial charge < -0.3 is 20.3 Å². The van der Waals surface area contributed by atoms with Crippen LogP contribution in [0.1, 0.15) is 24.1 Å². The number of ether oxygens (including phenoxy) is 1. The number of pyridine rings is 1. The van der Waals surface area contributed by atoms with E-state index in [-0.39, 0.29) is 17.0 Å². The minimum Gasteiger partial charge on any atom is -0.378 e. The van der Waals surface area contributed by atoms with Crippen molar-refractivity contribution in [3.05, 3.63) is 53.7 Å². The van der Waals surface area contributed by atoms with Crippen LogP contribution in [-0.2, 0) is 21.3 Å². The summed E-state index contributed by atoms with van der Waals surface area (Å²) in [4.78, 5) is 18.8. The van der Waals surface area contributed by atoms with Crippen LogP contribution in [0.2, 0.25) is 0 Å². The van der Waals surface area contributed by atoms with Gasteiger partial charge in [-0.15, -0.1) is 0 Å². The van der Waals surface area contributed by atoms with E-state index in [9.17, 15) is 13.2 Å². The second-order valence-electron chi connectivity index (χ2n) is 6.78. The first-order valence-electron chi connectivity index (χ1n) is 9.28. The molecule has 4 N–H and O–H groups in total. The molecule has 0 aliphatic carbocycles. The smallest absolute Gasteiger partial charge is 0.315 e. The van der Waals surface area contributed by atoms with Gasteiger partial charge in [-0.2, -0.15) is 0 Å². The van der Waals surface area contributed by atoms with E-state index in [2.05, 4.69) is 20.5 Å². The molecule has 156 valence electrons. The van der Waals surface area contributed by atoms with Crippen LogP contribution < -0.4 is 20.7 Å². The first-order valence-corrected chi connectivity index (χ1v) is 10.8. The summed E-state index contributed by atoms with van der Waals surface area (Å²) in [5.41, 5.74) is 1.72. The Morgan fingerprint density at radius 2 is 1.93 bits per heavy atom. The maximum absolute atomic E-state index is 12.2. The fourth-order valence-corrected chi connectivity index (χ4v) is 3.51. The molecule has 1 saturated heterocycles. The van der Waals surface area contributed by atoms with Crippen molar-refractivity contribution in [1.29, 1.82) is 0 Å². The number of amides is 2. The number of anilines is 1. The van der Waals surface area contributed by atoms with Crippen LogP contribution in [0.4, 0.5) is 10.6 Å². The van der Waals surface area contributed by atoms with E-state index in [1.807, 2.05) is 19.1 Å². The van der Waals surface area contributed by atoms with Crippen LogP contribution in [0.25, 0.3) is 0 Å². The van der Waals surface area contributed by atoms with Crippen LogP contribution in [0.5, 0.6) is 0 Å². The van der Waals surface area contributed by atoms with Gasteiger partial charge in [0, 0.05) is 25.8 Å². The molecule has 29 heavy (non-hydrogen) atoms. The molecule has 1 aromatic carbocycles. The standard InChI is InChI=1S/C19H25N5O4S/c1-14(16-2-4-17(5-3-16)29(20,26)27)23-19(25)22-13-15-6-7-21-18(12-15)24-8-10-28-11-9-24/h2-7,12,14H,8-11,13H2,1H3,(H2,20,26,27)(H2,22,23,25)/t14-/m1/s1.